The summed E-state index contributed by atoms with van der Waals surface area (Å²) in [4.78, 5) is 4.34. The first-order chi connectivity index (χ1) is 9.93. The number of aryl methyl sites for hydroxylation is 1. The minimum absolute atomic E-state index is 0.136. The average molecular weight is 313 g/mol. The summed E-state index contributed by atoms with van der Waals surface area (Å²) in [5, 5.41) is 9.12. The number of aliphatic hydroxyl groups is 1. The molecule has 1 N–H and O–H groups in total. The molecule has 1 saturated heterocycles. The molecule has 6 nitrogen and oxygen atoms in total. The maximum Gasteiger partial charge on any atom is 0.282 e. The van der Waals surface area contributed by atoms with E-state index in [1.54, 1.807) is 7.05 Å². The van der Waals surface area contributed by atoms with Gasteiger partial charge in [-0.15, -0.1) is 0 Å². The van der Waals surface area contributed by atoms with Crippen molar-refractivity contribution >= 4 is 10.2 Å². The second kappa shape index (κ2) is 6.83. The van der Waals surface area contributed by atoms with Crippen LogP contribution in [-0.2, 0) is 16.8 Å². The Kier molecular flexibility index (Phi) is 5.32. The van der Waals surface area contributed by atoms with Crippen LogP contribution in [0.1, 0.15) is 24.2 Å². The molecule has 2 rings (SSSR count). The van der Waals surface area contributed by atoms with E-state index in [1.807, 2.05) is 25.1 Å². The van der Waals surface area contributed by atoms with E-state index < -0.39 is 10.2 Å². The topological polar surface area (TPSA) is 73.7 Å². The van der Waals surface area contributed by atoms with Gasteiger partial charge in [0, 0.05) is 32.4 Å². The predicted octanol–water partition coefficient (Wildman–Crippen LogP) is 0.771. The summed E-state index contributed by atoms with van der Waals surface area (Å²) in [6, 6.07) is 5.60. The van der Waals surface area contributed by atoms with Crippen molar-refractivity contribution in [3.05, 3.63) is 29.6 Å². The van der Waals surface area contributed by atoms with Crippen molar-refractivity contribution in [3.8, 4) is 0 Å². The van der Waals surface area contributed by atoms with E-state index in [2.05, 4.69) is 4.98 Å². The van der Waals surface area contributed by atoms with Crippen molar-refractivity contribution in [1.82, 2.24) is 13.6 Å². The van der Waals surface area contributed by atoms with Gasteiger partial charge in [-0.05, 0) is 37.8 Å². The third kappa shape index (κ3) is 4.00. The summed E-state index contributed by atoms with van der Waals surface area (Å²) in [6.45, 7) is 3.23. The van der Waals surface area contributed by atoms with Crippen molar-refractivity contribution in [2.24, 2.45) is 5.92 Å². The fourth-order valence-electron chi connectivity index (χ4n) is 2.52. The van der Waals surface area contributed by atoms with Crippen molar-refractivity contribution in [2.75, 3.05) is 26.7 Å². The highest BCUT2D eigenvalue weighted by molar-refractivity contribution is 7.86. The van der Waals surface area contributed by atoms with Gasteiger partial charge >= 0.3 is 0 Å². The van der Waals surface area contributed by atoms with Crippen LogP contribution in [0.4, 0.5) is 0 Å². The lowest BCUT2D eigenvalue weighted by Crippen LogP contribution is -2.45. The molecule has 0 aromatic carbocycles. The first-order valence-electron chi connectivity index (χ1n) is 7.18. The van der Waals surface area contributed by atoms with Gasteiger partial charge in [0.1, 0.15) is 0 Å². The van der Waals surface area contributed by atoms with E-state index in [4.69, 9.17) is 5.11 Å². The van der Waals surface area contributed by atoms with E-state index in [1.165, 1.54) is 8.61 Å². The Balaban J connectivity index is 2.02. The molecular formula is C14H23N3O3S. The largest absolute Gasteiger partial charge is 0.396 e. The summed E-state index contributed by atoms with van der Waals surface area (Å²) in [5.41, 5.74) is 1.62. The van der Waals surface area contributed by atoms with E-state index in [0.717, 1.165) is 11.4 Å². The maximum absolute atomic E-state index is 12.5. The Bertz CT molecular complexity index is 569. The van der Waals surface area contributed by atoms with E-state index in [0.29, 0.717) is 25.9 Å². The highest BCUT2D eigenvalue weighted by Crippen LogP contribution is 2.21. The van der Waals surface area contributed by atoms with E-state index >= 15 is 0 Å². The Morgan fingerprint density at radius 3 is 2.62 bits per heavy atom. The first-order valence-corrected chi connectivity index (χ1v) is 8.58. The van der Waals surface area contributed by atoms with Gasteiger partial charge in [-0.1, -0.05) is 6.07 Å². The van der Waals surface area contributed by atoms with Crippen LogP contribution in [-0.4, -0.2) is 53.9 Å². The van der Waals surface area contributed by atoms with Gasteiger partial charge in [0.25, 0.3) is 10.2 Å². The van der Waals surface area contributed by atoms with Crippen molar-refractivity contribution < 1.29 is 13.5 Å². The summed E-state index contributed by atoms with van der Waals surface area (Å²) in [7, 11) is -1.88. The number of hydrogen-bond donors (Lipinski definition) is 1. The average Bonchev–Trinajstić information content (AvgIpc) is 2.47. The van der Waals surface area contributed by atoms with Crippen molar-refractivity contribution in [3.63, 3.8) is 0 Å². The molecule has 2 heterocycles. The van der Waals surface area contributed by atoms with Gasteiger partial charge in [-0.3, -0.25) is 4.98 Å². The molecule has 0 amide bonds. The van der Waals surface area contributed by atoms with Crippen LogP contribution in [0, 0.1) is 12.8 Å². The normalized spacial score (nSPS) is 18.3. The zero-order chi connectivity index (χ0) is 15.5. The molecule has 0 saturated carbocycles. The van der Waals surface area contributed by atoms with Crippen LogP contribution in [0.5, 0.6) is 0 Å². The third-order valence-corrected chi connectivity index (χ3v) is 5.82. The van der Waals surface area contributed by atoms with E-state index in [9.17, 15) is 8.42 Å². The molecule has 0 radical (unpaired) electrons. The molecule has 0 spiro atoms. The number of aliphatic hydroxyl groups excluding tert-OH is 1. The lowest BCUT2D eigenvalue weighted by molar-refractivity contribution is 0.166. The molecule has 1 aliphatic heterocycles. The minimum Gasteiger partial charge on any atom is -0.396 e. The van der Waals surface area contributed by atoms with Crippen molar-refractivity contribution in [1.29, 1.82) is 0 Å². The number of nitrogens with zero attached hydrogens (tertiary/aromatic N) is 3. The molecule has 1 aliphatic rings. The number of piperidine rings is 1. The fraction of sp³-hybridized carbons (Fsp3) is 0.643. The standard InChI is InChI=1S/C14H23N3O3S/c1-12-4-3-5-14(15-12)10-16(2)21(19,20)17-8-6-13(11-18)7-9-17/h3-5,13,18H,6-11H2,1-2H3. The molecule has 1 fully saturated rings. The van der Waals surface area contributed by atoms with Crippen LogP contribution >= 0.6 is 0 Å². The molecule has 1 aromatic rings. The molecule has 7 heteroatoms. The smallest absolute Gasteiger partial charge is 0.282 e. The SMILES string of the molecule is Cc1cccc(CN(C)S(=O)(=O)N2CCC(CO)CC2)n1. The number of pyridine rings is 1. The lowest BCUT2D eigenvalue weighted by atomic mass is 10.00. The number of hydrogen-bond acceptors (Lipinski definition) is 4. The monoisotopic (exact) mass is 313 g/mol. The Labute approximate surface area is 126 Å². The van der Waals surface area contributed by atoms with Gasteiger partial charge in [-0.25, -0.2) is 0 Å². The number of rotatable bonds is 5. The molecule has 21 heavy (non-hydrogen) atoms. The summed E-state index contributed by atoms with van der Waals surface area (Å²) >= 11 is 0. The Morgan fingerprint density at radius 1 is 1.38 bits per heavy atom. The predicted molar refractivity (Wildman–Crippen MR) is 80.7 cm³/mol. The molecule has 0 aliphatic carbocycles. The molecule has 1 aromatic heterocycles. The summed E-state index contributed by atoms with van der Waals surface area (Å²) in [6.07, 6.45) is 1.43. The van der Waals surface area contributed by atoms with Crippen LogP contribution in [0.15, 0.2) is 18.2 Å². The van der Waals surface area contributed by atoms with Gasteiger partial charge in [0.05, 0.1) is 12.2 Å². The lowest BCUT2D eigenvalue weighted by Gasteiger charge is -2.33. The summed E-state index contributed by atoms with van der Waals surface area (Å²) < 4.78 is 27.9. The molecule has 118 valence electrons. The van der Waals surface area contributed by atoms with Gasteiger partial charge in [0.15, 0.2) is 0 Å². The Morgan fingerprint density at radius 2 is 2.05 bits per heavy atom. The third-order valence-electron chi connectivity index (χ3n) is 3.88. The van der Waals surface area contributed by atoms with E-state index in [-0.39, 0.29) is 19.1 Å². The quantitative estimate of drug-likeness (QED) is 0.871. The first kappa shape index (κ1) is 16.4. The Hall–Kier alpha value is -1.02. The van der Waals surface area contributed by atoms with Crippen LogP contribution in [0.3, 0.4) is 0 Å². The second-order valence-corrected chi connectivity index (χ2v) is 7.59. The van der Waals surface area contributed by atoms with Crippen LogP contribution < -0.4 is 0 Å². The summed E-state index contributed by atoms with van der Waals surface area (Å²) in [5.74, 6) is 0.222. The molecular weight excluding hydrogens is 290 g/mol. The maximum atomic E-state index is 12.5. The minimum atomic E-state index is -3.46. The number of aromatic nitrogens is 1. The molecule has 0 unspecified atom stereocenters. The van der Waals surface area contributed by atoms with Crippen LogP contribution in [0.25, 0.3) is 0 Å². The van der Waals surface area contributed by atoms with Crippen molar-refractivity contribution in [2.45, 2.75) is 26.3 Å². The zero-order valence-corrected chi connectivity index (χ0v) is 13.4. The second-order valence-electron chi connectivity index (χ2n) is 5.56. The van der Waals surface area contributed by atoms with Gasteiger partial charge in [-0.2, -0.15) is 17.0 Å². The van der Waals surface area contributed by atoms with Gasteiger partial charge in [0.2, 0.25) is 0 Å². The zero-order valence-electron chi connectivity index (χ0n) is 12.6. The molecule has 0 atom stereocenters. The van der Waals surface area contributed by atoms with Gasteiger partial charge < -0.3 is 5.11 Å². The fourth-order valence-corrected chi connectivity index (χ4v) is 3.88. The van der Waals surface area contributed by atoms with Crippen LogP contribution in [0.2, 0.25) is 0 Å². The highest BCUT2D eigenvalue weighted by atomic mass is 32.2. The highest BCUT2D eigenvalue weighted by Gasteiger charge is 2.30. The molecule has 0 bridgehead atoms.